The van der Waals surface area contributed by atoms with Gasteiger partial charge in [0.1, 0.15) is 21.8 Å². The van der Waals surface area contributed by atoms with E-state index in [-0.39, 0.29) is 17.0 Å². The van der Waals surface area contributed by atoms with Crippen LogP contribution in [0.15, 0.2) is 9.70 Å². The summed E-state index contributed by atoms with van der Waals surface area (Å²) in [6.45, 7) is 9.35. The van der Waals surface area contributed by atoms with Crippen LogP contribution < -0.4 is 10.5 Å². The van der Waals surface area contributed by atoms with Crippen LogP contribution in [-0.2, 0) is 16.1 Å². The normalized spacial score (nSPS) is 17.6. The molecule has 0 atom stereocenters. The molecule has 34 heavy (non-hydrogen) atoms. The van der Waals surface area contributed by atoms with Gasteiger partial charge in [-0.3, -0.25) is 19.1 Å². The molecule has 2 aliphatic rings. The Morgan fingerprint density at radius 2 is 1.79 bits per heavy atom. The van der Waals surface area contributed by atoms with Crippen LogP contribution in [0.5, 0.6) is 0 Å². The van der Waals surface area contributed by atoms with E-state index in [2.05, 4.69) is 17.9 Å². The Kier molecular flexibility index (Phi) is 9.74. The number of nitrogens with zero attached hydrogens (tertiary/aromatic N) is 4. The largest absolute Gasteiger partial charge is 0.378 e. The van der Waals surface area contributed by atoms with E-state index in [1.807, 2.05) is 13.0 Å². The molecule has 7 nitrogen and oxygen atoms in total. The van der Waals surface area contributed by atoms with Crippen molar-refractivity contribution >= 4 is 46.1 Å². The number of thioether (sulfide) groups is 1. The minimum Gasteiger partial charge on any atom is -0.378 e. The zero-order valence-electron chi connectivity index (χ0n) is 20.4. The molecule has 9 heteroatoms. The molecule has 1 aromatic heterocycles. The summed E-state index contributed by atoms with van der Waals surface area (Å²) in [5.74, 6) is 0.650. The first-order valence-corrected chi connectivity index (χ1v) is 13.4. The van der Waals surface area contributed by atoms with Crippen molar-refractivity contribution in [2.75, 3.05) is 37.7 Å². The maximum atomic E-state index is 13.2. The van der Waals surface area contributed by atoms with E-state index in [1.54, 1.807) is 16.4 Å². The number of morpholine rings is 1. The monoisotopic (exact) mass is 502 g/mol. The average Bonchev–Trinajstić information content (AvgIpc) is 3.10. The predicted octanol–water partition coefficient (Wildman–Crippen LogP) is 4.45. The number of rotatable bonds is 10. The molecule has 0 bridgehead atoms. The SMILES string of the molecule is CCCCCCCCN1C(=O)/C(=C\c2c(C)c(C#N)c(=O)n(CC)c2N2CCOCC2)SC1=S. The van der Waals surface area contributed by atoms with Crippen LogP contribution in [0.25, 0.3) is 6.08 Å². The first-order chi connectivity index (χ1) is 16.4. The molecule has 0 spiro atoms. The summed E-state index contributed by atoms with van der Waals surface area (Å²) in [4.78, 5) is 30.6. The summed E-state index contributed by atoms with van der Waals surface area (Å²) in [5, 5.41) is 9.70. The molecule has 184 valence electrons. The standard InChI is InChI=1S/C25H34N4O3S2/c1-4-6-7-8-9-10-11-29-24(31)21(34-25(29)33)16-19-18(3)20(17-26)23(30)28(5-2)22(19)27-12-14-32-15-13-27/h16H,4-15H2,1-3H3/b21-16+. The Labute approximate surface area is 211 Å². The van der Waals surface area contributed by atoms with Crippen LogP contribution in [0.2, 0.25) is 0 Å². The second-order valence-corrected chi connectivity index (χ2v) is 10.3. The van der Waals surface area contributed by atoms with Gasteiger partial charge in [0.2, 0.25) is 0 Å². The first kappa shape index (κ1) is 26.5. The van der Waals surface area contributed by atoms with E-state index < -0.39 is 0 Å². The Balaban J connectivity index is 1.93. The van der Waals surface area contributed by atoms with Crippen molar-refractivity contribution in [3.05, 3.63) is 31.9 Å². The zero-order chi connectivity index (χ0) is 24.7. The van der Waals surface area contributed by atoms with Gasteiger partial charge in [-0.15, -0.1) is 0 Å². The number of aromatic nitrogens is 1. The Hall–Kier alpha value is -2.15. The number of carbonyl (C=O) groups excluding carboxylic acids is 1. The van der Waals surface area contributed by atoms with E-state index >= 15 is 0 Å². The molecule has 3 heterocycles. The highest BCUT2D eigenvalue weighted by Gasteiger charge is 2.33. The van der Waals surface area contributed by atoms with Crippen LogP contribution in [0.3, 0.4) is 0 Å². The molecular formula is C25H34N4O3S2. The third-order valence-corrected chi connectivity index (χ3v) is 7.74. The summed E-state index contributed by atoms with van der Waals surface area (Å²) in [6.07, 6.45) is 8.71. The number of anilines is 1. The van der Waals surface area contributed by atoms with Crippen molar-refractivity contribution in [3.63, 3.8) is 0 Å². The van der Waals surface area contributed by atoms with Gasteiger partial charge in [-0.1, -0.05) is 63.0 Å². The van der Waals surface area contributed by atoms with E-state index in [1.165, 1.54) is 37.4 Å². The van der Waals surface area contributed by atoms with Gasteiger partial charge in [0.15, 0.2) is 0 Å². The summed E-state index contributed by atoms with van der Waals surface area (Å²) in [7, 11) is 0. The fraction of sp³-hybridized carbons (Fsp3) is 0.600. The van der Waals surface area contributed by atoms with Crippen molar-refractivity contribution in [1.29, 1.82) is 5.26 Å². The van der Waals surface area contributed by atoms with E-state index in [4.69, 9.17) is 17.0 Å². The van der Waals surface area contributed by atoms with Crippen LogP contribution in [0.4, 0.5) is 5.82 Å². The minimum absolute atomic E-state index is 0.0939. The lowest BCUT2D eigenvalue weighted by molar-refractivity contribution is -0.122. The molecule has 0 radical (unpaired) electrons. The fourth-order valence-corrected chi connectivity index (χ4v) is 5.72. The highest BCUT2D eigenvalue weighted by Crippen LogP contribution is 2.36. The zero-order valence-corrected chi connectivity index (χ0v) is 22.0. The quantitative estimate of drug-likeness (QED) is 0.266. The number of nitriles is 1. The molecule has 0 saturated carbocycles. The first-order valence-electron chi connectivity index (χ1n) is 12.2. The van der Waals surface area contributed by atoms with Gasteiger partial charge >= 0.3 is 0 Å². The molecular weight excluding hydrogens is 468 g/mol. The van der Waals surface area contributed by atoms with E-state index in [0.29, 0.717) is 54.2 Å². The minimum atomic E-state index is -0.295. The molecule has 0 N–H and O–H groups in total. The number of ether oxygens (including phenoxy) is 1. The molecule has 1 aromatic rings. The summed E-state index contributed by atoms with van der Waals surface area (Å²) in [6, 6.07) is 2.08. The second kappa shape index (κ2) is 12.5. The molecule has 3 rings (SSSR count). The lowest BCUT2D eigenvalue weighted by Crippen LogP contribution is -2.41. The van der Waals surface area contributed by atoms with Crippen LogP contribution in [-0.4, -0.2) is 52.5 Å². The Bertz CT molecular complexity index is 1050. The summed E-state index contributed by atoms with van der Waals surface area (Å²) < 4.78 is 7.72. The van der Waals surface area contributed by atoms with Crippen molar-refractivity contribution in [2.45, 2.75) is 65.8 Å². The maximum Gasteiger partial charge on any atom is 0.270 e. The van der Waals surface area contributed by atoms with Gasteiger partial charge in [0.05, 0.1) is 18.1 Å². The van der Waals surface area contributed by atoms with Gasteiger partial charge in [0.25, 0.3) is 11.5 Å². The number of pyridine rings is 1. The fourth-order valence-electron chi connectivity index (χ4n) is 4.43. The lowest BCUT2D eigenvalue weighted by atomic mass is 10.0. The lowest BCUT2D eigenvalue weighted by Gasteiger charge is -2.33. The maximum absolute atomic E-state index is 13.2. The van der Waals surface area contributed by atoms with Gasteiger partial charge in [0, 0.05) is 31.7 Å². The van der Waals surface area contributed by atoms with E-state index in [0.717, 1.165) is 24.2 Å². The number of carbonyl (C=O) groups is 1. The number of hydrogen-bond acceptors (Lipinski definition) is 7. The number of hydrogen-bond donors (Lipinski definition) is 0. The predicted molar refractivity (Wildman–Crippen MR) is 142 cm³/mol. The Morgan fingerprint density at radius 1 is 1.12 bits per heavy atom. The molecule has 2 aliphatic heterocycles. The van der Waals surface area contributed by atoms with Crippen LogP contribution in [0.1, 0.15) is 69.1 Å². The van der Waals surface area contributed by atoms with Crippen molar-refractivity contribution in [3.8, 4) is 6.07 Å². The topological polar surface area (TPSA) is 78.6 Å². The van der Waals surface area contributed by atoms with Crippen molar-refractivity contribution in [1.82, 2.24) is 9.47 Å². The summed E-state index contributed by atoms with van der Waals surface area (Å²) in [5.41, 5.74) is 1.16. The molecule has 1 amide bonds. The summed E-state index contributed by atoms with van der Waals surface area (Å²) >= 11 is 6.83. The third kappa shape index (κ3) is 5.73. The van der Waals surface area contributed by atoms with E-state index in [9.17, 15) is 14.9 Å². The van der Waals surface area contributed by atoms with Gasteiger partial charge in [-0.2, -0.15) is 5.26 Å². The average molecular weight is 503 g/mol. The number of thiocarbonyl (C=S) groups is 1. The van der Waals surface area contributed by atoms with Crippen molar-refractivity contribution in [2.24, 2.45) is 0 Å². The molecule has 0 aromatic carbocycles. The third-order valence-electron chi connectivity index (χ3n) is 6.36. The van der Waals surface area contributed by atoms with Gasteiger partial charge in [-0.05, 0) is 31.9 Å². The highest BCUT2D eigenvalue weighted by atomic mass is 32.2. The number of unbranched alkanes of at least 4 members (excludes halogenated alkanes) is 5. The second-order valence-electron chi connectivity index (χ2n) is 8.60. The molecule has 0 unspecified atom stereocenters. The van der Waals surface area contributed by atoms with Crippen molar-refractivity contribution < 1.29 is 9.53 Å². The van der Waals surface area contributed by atoms with Gasteiger partial charge in [-0.25, -0.2) is 0 Å². The van der Waals surface area contributed by atoms with Gasteiger partial charge < -0.3 is 9.64 Å². The molecule has 2 saturated heterocycles. The Morgan fingerprint density at radius 3 is 2.44 bits per heavy atom. The molecule has 0 aliphatic carbocycles. The van der Waals surface area contributed by atoms with Crippen LogP contribution in [0, 0.1) is 18.3 Å². The highest BCUT2D eigenvalue weighted by molar-refractivity contribution is 8.26. The number of amides is 1. The van der Waals surface area contributed by atoms with Crippen LogP contribution >= 0.6 is 24.0 Å². The smallest absolute Gasteiger partial charge is 0.270 e. The molecule has 2 fully saturated rings.